The van der Waals surface area contributed by atoms with Crippen LogP contribution in [-0.2, 0) is 11.3 Å². The third kappa shape index (κ3) is 3.96. The number of amides is 1. The van der Waals surface area contributed by atoms with E-state index in [0.717, 1.165) is 37.7 Å². The lowest BCUT2D eigenvalue weighted by atomic mass is 10.2. The van der Waals surface area contributed by atoms with Crippen molar-refractivity contribution in [1.82, 2.24) is 20.3 Å². The Kier molecular flexibility index (Phi) is 5.17. The Morgan fingerprint density at radius 3 is 2.83 bits per heavy atom. The molecule has 0 unspecified atom stereocenters. The molecule has 8 heteroatoms. The number of carbonyl (C=O) groups excluding carboxylic acids is 1. The van der Waals surface area contributed by atoms with Crippen LogP contribution in [0.25, 0.3) is 0 Å². The van der Waals surface area contributed by atoms with Crippen LogP contribution in [0.3, 0.4) is 0 Å². The van der Waals surface area contributed by atoms with Crippen LogP contribution in [0.2, 0.25) is 0 Å². The van der Waals surface area contributed by atoms with Gasteiger partial charge in [-0.15, -0.1) is 0 Å². The second-order valence-electron chi connectivity index (χ2n) is 5.24. The van der Waals surface area contributed by atoms with E-state index in [2.05, 4.69) is 25.2 Å². The van der Waals surface area contributed by atoms with Gasteiger partial charge in [0.1, 0.15) is 11.5 Å². The summed E-state index contributed by atoms with van der Waals surface area (Å²) in [6.45, 7) is 3.52. The lowest BCUT2D eigenvalue weighted by Gasteiger charge is -2.27. The van der Waals surface area contributed by atoms with Gasteiger partial charge in [-0.3, -0.25) is 4.79 Å². The molecule has 1 aliphatic heterocycles. The first-order valence-corrected chi connectivity index (χ1v) is 7.69. The highest BCUT2D eigenvalue weighted by molar-refractivity contribution is 5.92. The van der Waals surface area contributed by atoms with Gasteiger partial charge in [0.25, 0.3) is 5.91 Å². The summed E-state index contributed by atoms with van der Waals surface area (Å²) in [7, 11) is 1.46. The van der Waals surface area contributed by atoms with Gasteiger partial charge in [-0.1, -0.05) is 6.07 Å². The first kappa shape index (κ1) is 16.1. The normalized spacial score (nSPS) is 14.3. The predicted molar refractivity (Wildman–Crippen MR) is 87.0 cm³/mol. The third-order valence-corrected chi connectivity index (χ3v) is 3.65. The van der Waals surface area contributed by atoms with Crippen molar-refractivity contribution in [3.05, 3.63) is 41.9 Å². The topological polar surface area (TPSA) is 89.5 Å². The van der Waals surface area contributed by atoms with Gasteiger partial charge in [-0.25, -0.2) is 9.97 Å². The van der Waals surface area contributed by atoms with E-state index in [4.69, 9.17) is 9.47 Å². The molecule has 0 spiro atoms. The first-order valence-electron chi connectivity index (χ1n) is 7.69. The van der Waals surface area contributed by atoms with Crippen molar-refractivity contribution in [2.75, 3.05) is 38.3 Å². The minimum absolute atomic E-state index is 0.166. The molecule has 2 aromatic heterocycles. The molecule has 0 saturated carbocycles. The monoisotopic (exact) mass is 329 g/mol. The maximum Gasteiger partial charge on any atom is 0.316 e. The Morgan fingerprint density at radius 2 is 2.12 bits per heavy atom. The van der Waals surface area contributed by atoms with Crippen LogP contribution < -0.4 is 15.0 Å². The highest BCUT2D eigenvalue weighted by atomic mass is 16.5. The lowest BCUT2D eigenvalue weighted by Crippen LogP contribution is -2.36. The molecule has 0 bridgehead atoms. The van der Waals surface area contributed by atoms with E-state index in [1.165, 1.54) is 19.4 Å². The first-order chi connectivity index (χ1) is 11.8. The lowest BCUT2D eigenvalue weighted by molar-refractivity contribution is 0.0944. The maximum absolute atomic E-state index is 12.1. The molecule has 2 aromatic rings. The van der Waals surface area contributed by atoms with E-state index < -0.39 is 0 Å². The van der Waals surface area contributed by atoms with Crippen LogP contribution in [0, 0.1) is 0 Å². The fourth-order valence-corrected chi connectivity index (χ4v) is 2.34. The molecule has 1 N–H and O–H groups in total. The summed E-state index contributed by atoms with van der Waals surface area (Å²) in [5, 5.41) is 2.81. The molecule has 1 fully saturated rings. The average molecular weight is 329 g/mol. The van der Waals surface area contributed by atoms with Crippen LogP contribution >= 0.6 is 0 Å². The van der Waals surface area contributed by atoms with Crippen molar-refractivity contribution in [3.63, 3.8) is 0 Å². The van der Waals surface area contributed by atoms with Crippen LogP contribution in [-0.4, -0.2) is 54.3 Å². The van der Waals surface area contributed by atoms with Crippen LogP contribution in [0.1, 0.15) is 16.1 Å². The number of ether oxygens (including phenoxy) is 2. The molecule has 1 amide bonds. The molecule has 0 atom stereocenters. The van der Waals surface area contributed by atoms with Gasteiger partial charge in [0.2, 0.25) is 0 Å². The fraction of sp³-hybridized carbons (Fsp3) is 0.375. The molecule has 1 aliphatic rings. The van der Waals surface area contributed by atoms with E-state index in [0.29, 0.717) is 6.54 Å². The second-order valence-corrected chi connectivity index (χ2v) is 5.24. The van der Waals surface area contributed by atoms with Crippen molar-refractivity contribution >= 4 is 11.7 Å². The van der Waals surface area contributed by atoms with Crippen molar-refractivity contribution in [2.45, 2.75) is 6.54 Å². The average Bonchev–Trinajstić information content (AvgIpc) is 2.67. The van der Waals surface area contributed by atoms with E-state index in [1.54, 1.807) is 6.20 Å². The van der Waals surface area contributed by atoms with Crippen molar-refractivity contribution in [2.24, 2.45) is 0 Å². The quantitative estimate of drug-likeness (QED) is 0.861. The minimum Gasteiger partial charge on any atom is -0.467 e. The van der Waals surface area contributed by atoms with Crippen LogP contribution in [0.4, 0.5) is 5.82 Å². The Morgan fingerprint density at radius 1 is 1.29 bits per heavy atom. The van der Waals surface area contributed by atoms with Crippen LogP contribution in [0.5, 0.6) is 6.01 Å². The highest BCUT2D eigenvalue weighted by Gasteiger charge is 2.12. The minimum atomic E-state index is -0.284. The molecule has 24 heavy (non-hydrogen) atoms. The number of methoxy groups -OCH3 is 1. The fourth-order valence-electron chi connectivity index (χ4n) is 2.34. The van der Waals surface area contributed by atoms with E-state index >= 15 is 0 Å². The summed E-state index contributed by atoms with van der Waals surface area (Å²) in [5.41, 5.74) is 1.18. The predicted octanol–water partition coefficient (Wildman–Crippen LogP) is 0.647. The molecular formula is C16H19N5O3. The number of carbonyl (C=O) groups is 1. The summed E-state index contributed by atoms with van der Waals surface area (Å²) < 4.78 is 10.2. The van der Waals surface area contributed by atoms with Gasteiger partial charge >= 0.3 is 6.01 Å². The van der Waals surface area contributed by atoms with Gasteiger partial charge in [0.15, 0.2) is 0 Å². The van der Waals surface area contributed by atoms with Crippen molar-refractivity contribution in [1.29, 1.82) is 0 Å². The molecule has 0 aromatic carbocycles. The van der Waals surface area contributed by atoms with Gasteiger partial charge < -0.3 is 19.7 Å². The zero-order valence-corrected chi connectivity index (χ0v) is 13.4. The van der Waals surface area contributed by atoms with E-state index in [-0.39, 0.29) is 17.6 Å². The molecule has 126 valence electrons. The standard InChI is InChI=1S/C16H19N5O3/c1-23-16-17-5-4-13(20-16)15(22)19-11-12-2-3-14(18-10-12)21-6-8-24-9-7-21/h2-5,10H,6-9,11H2,1H3,(H,19,22). The zero-order chi connectivity index (χ0) is 16.8. The number of nitrogens with one attached hydrogen (secondary N) is 1. The molecule has 0 aliphatic carbocycles. The number of morpholine rings is 1. The third-order valence-electron chi connectivity index (χ3n) is 3.65. The number of rotatable bonds is 5. The molecular weight excluding hydrogens is 310 g/mol. The number of nitrogens with zero attached hydrogens (tertiary/aromatic N) is 4. The molecule has 3 rings (SSSR count). The Bertz CT molecular complexity index is 686. The number of hydrogen-bond donors (Lipinski definition) is 1. The van der Waals surface area contributed by atoms with Crippen molar-refractivity contribution < 1.29 is 14.3 Å². The van der Waals surface area contributed by atoms with Gasteiger partial charge in [0.05, 0.1) is 20.3 Å². The van der Waals surface area contributed by atoms with Gasteiger partial charge in [-0.05, 0) is 17.7 Å². The van der Waals surface area contributed by atoms with Crippen molar-refractivity contribution in [3.8, 4) is 6.01 Å². The van der Waals surface area contributed by atoms with Gasteiger partial charge in [0, 0.05) is 32.0 Å². The maximum atomic E-state index is 12.1. The summed E-state index contributed by atoms with van der Waals surface area (Å²) in [4.78, 5) is 26.6. The molecule has 0 radical (unpaired) electrons. The Balaban J connectivity index is 1.56. The Hall–Kier alpha value is -2.74. The SMILES string of the molecule is COc1nccc(C(=O)NCc2ccc(N3CCOCC3)nc2)n1. The zero-order valence-electron chi connectivity index (χ0n) is 13.4. The summed E-state index contributed by atoms with van der Waals surface area (Å²) >= 11 is 0. The summed E-state index contributed by atoms with van der Waals surface area (Å²) in [5.74, 6) is 0.641. The molecule has 3 heterocycles. The van der Waals surface area contributed by atoms with Crippen LogP contribution in [0.15, 0.2) is 30.6 Å². The smallest absolute Gasteiger partial charge is 0.316 e. The number of pyridine rings is 1. The molecule has 8 nitrogen and oxygen atoms in total. The Labute approximate surface area is 139 Å². The summed E-state index contributed by atoms with van der Waals surface area (Å²) in [6.07, 6.45) is 3.26. The van der Waals surface area contributed by atoms with Gasteiger partial charge in [-0.2, -0.15) is 4.98 Å². The number of aromatic nitrogens is 3. The van der Waals surface area contributed by atoms with E-state index in [1.807, 2.05) is 12.1 Å². The second kappa shape index (κ2) is 7.69. The molecule has 1 saturated heterocycles. The summed E-state index contributed by atoms with van der Waals surface area (Å²) in [6, 6.07) is 5.62. The van der Waals surface area contributed by atoms with E-state index in [9.17, 15) is 4.79 Å². The largest absolute Gasteiger partial charge is 0.467 e. The highest BCUT2D eigenvalue weighted by Crippen LogP contribution is 2.13. The number of anilines is 1. The number of hydrogen-bond acceptors (Lipinski definition) is 7.